The van der Waals surface area contributed by atoms with Gasteiger partial charge in [-0.25, -0.2) is 0 Å². The zero-order chi connectivity index (χ0) is 19.1. The monoisotopic (exact) mass is 366 g/mol. The van der Waals surface area contributed by atoms with Crippen molar-refractivity contribution < 1.29 is 9.53 Å². The van der Waals surface area contributed by atoms with Crippen LogP contribution in [0.4, 0.5) is 5.69 Å². The molecule has 0 spiro atoms. The van der Waals surface area contributed by atoms with Crippen LogP contribution in [0.15, 0.2) is 48.5 Å². The first-order valence-electron chi connectivity index (χ1n) is 9.94. The molecule has 0 aliphatic heterocycles. The zero-order valence-electron chi connectivity index (χ0n) is 16.3. The van der Waals surface area contributed by atoms with Crippen LogP contribution in [0.1, 0.15) is 55.7 Å². The summed E-state index contributed by atoms with van der Waals surface area (Å²) in [6.07, 6.45) is 7.30. The third kappa shape index (κ3) is 5.33. The van der Waals surface area contributed by atoms with Crippen molar-refractivity contribution in [2.24, 2.45) is 0 Å². The van der Waals surface area contributed by atoms with Crippen molar-refractivity contribution >= 4 is 11.6 Å². The van der Waals surface area contributed by atoms with Gasteiger partial charge in [0.1, 0.15) is 11.8 Å². The summed E-state index contributed by atoms with van der Waals surface area (Å²) in [5.74, 6) is 0.629. The van der Waals surface area contributed by atoms with Gasteiger partial charge in [0.15, 0.2) is 0 Å². The number of nitrogens with one attached hydrogen (secondary N) is 2. The predicted molar refractivity (Wildman–Crippen MR) is 110 cm³/mol. The first-order valence-corrected chi connectivity index (χ1v) is 9.94. The van der Waals surface area contributed by atoms with Gasteiger partial charge in [0, 0.05) is 6.04 Å². The van der Waals surface area contributed by atoms with E-state index in [1.54, 1.807) is 7.11 Å². The summed E-state index contributed by atoms with van der Waals surface area (Å²) < 4.78 is 5.42. The lowest BCUT2D eigenvalue weighted by Gasteiger charge is -2.25. The topological polar surface area (TPSA) is 50.4 Å². The molecular formula is C23H30N2O2. The van der Waals surface area contributed by atoms with Crippen LogP contribution in [-0.4, -0.2) is 19.1 Å². The molecule has 2 N–H and O–H groups in total. The second kappa shape index (κ2) is 9.56. The van der Waals surface area contributed by atoms with Gasteiger partial charge >= 0.3 is 0 Å². The summed E-state index contributed by atoms with van der Waals surface area (Å²) in [7, 11) is 1.62. The first-order chi connectivity index (χ1) is 13.2. The molecule has 0 bridgehead atoms. The van der Waals surface area contributed by atoms with Crippen molar-refractivity contribution in [3.05, 3.63) is 59.7 Å². The lowest BCUT2D eigenvalue weighted by atomic mass is 10.0. The number of aryl methyl sites for hydroxylation is 1. The summed E-state index contributed by atoms with van der Waals surface area (Å²) in [6, 6.07) is 15.8. The van der Waals surface area contributed by atoms with E-state index in [-0.39, 0.29) is 11.9 Å². The Labute approximate surface area is 162 Å². The van der Waals surface area contributed by atoms with E-state index in [9.17, 15) is 4.79 Å². The van der Waals surface area contributed by atoms with E-state index in [4.69, 9.17) is 4.74 Å². The fourth-order valence-electron chi connectivity index (χ4n) is 3.77. The molecular weight excluding hydrogens is 336 g/mol. The molecule has 1 fully saturated rings. The smallest absolute Gasteiger partial charge is 0.246 e. The van der Waals surface area contributed by atoms with Crippen LogP contribution in [0.2, 0.25) is 0 Å². The minimum atomic E-state index is -0.375. The quantitative estimate of drug-likeness (QED) is 0.708. The maximum absolute atomic E-state index is 13.2. The highest BCUT2D eigenvalue weighted by molar-refractivity contribution is 5.96. The third-order valence-corrected chi connectivity index (χ3v) is 5.27. The van der Waals surface area contributed by atoms with E-state index in [2.05, 4.69) is 10.6 Å². The Balaban J connectivity index is 1.81. The Kier molecular flexibility index (Phi) is 6.88. The number of benzene rings is 2. The molecule has 1 aliphatic carbocycles. The lowest BCUT2D eigenvalue weighted by Crippen LogP contribution is -2.39. The summed E-state index contributed by atoms with van der Waals surface area (Å²) in [4.78, 5) is 13.2. The molecule has 0 radical (unpaired) electrons. The molecule has 0 heterocycles. The van der Waals surface area contributed by atoms with E-state index in [0.29, 0.717) is 17.5 Å². The van der Waals surface area contributed by atoms with Crippen molar-refractivity contribution in [3.8, 4) is 5.75 Å². The van der Waals surface area contributed by atoms with E-state index in [0.717, 1.165) is 24.0 Å². The molecule has 0 aromatic heterocycles. The van der Waals surface area contributed by atoms with Gasteiger partial charge in [-0.15, -0.1) is 0 Å². The van der Waals surface area contributed by atoms with Crippen LogP contribution in [0, 0.1) is 6.92 Å². The molecule has 2 aromatic rings. The maximum Gasteiger partial charge on any atom is 0.246 e. The molecule has 144 valence electrons. The van der Waals surface area contributed by atoms with Crippen molar-refractivity contribution in [2.75, 3.05) is 12.4 Å². The zero-order valence-corrected chi connectivity index (χ0v) is 16.3. The number of amides is 1. The molecule has 1 amide bonds. The number of anilines is 1. The van der Waals surface area contributed by atoms with E-state index in [1.165, 1.54) is 25.7 Å². The Hall–Kier alpha value is -2.33. The maximum atomic E-state index is 13.2. The Bertz CT molecular complexity index is 737. The van der Waals surface area contributed by atoms with Crippen LogP contribution < -0.4 is 15.4 Å². The average Bonchev–Trinajstić information content (AvgIpc) is 2.95. The summed E-state index contributed by atoms with van der Waals surface area (Å²) in [5.41, 5.74) is 2.79. The van der Waals surface area contributed by atoms with Crippen LogP contribution in [0.3, 0.4) is 0 Å². The van der Waals surface area contributed by atoms with Crippen LogP contribution in [0.5, 0.6) is 5.75 Å². The third-order valence-electron chi connectivity index (χ3n) is 5.27. The molecule has 4 nitrogen and oxygen atoms in total. The van der Waals surface area contributed by atoms with E-state index < -0.39 is 0 Å². The highest BCUT2D eigenvalue weighted by Gasteiger charge is 2.25. The number of carbonyl (C=O) groups is 1. The van der Waals surface area contributed by atoms with Crippen molar-refractivity contribution in [2.45, 2.75) is 57.5 Å². The Morgan fingerprint density at radius 1 is 1.04 bits per heavy atom. The predicted octanol–water partition coefficient (Wildman–Crippen LogP) is 5.00. The molecule has 4 heteroatoms. The number of carbonyl (C=O) groups excluding carboxylic acids is 1. The summed E-state index contributed by atoms with van der Waals surface area (Å²) >= 11 is 0. The van der Waals surface area contributed by atoms with E-state index >= 15 is 0 Å². The summed E-state index contributed by atoms with van der Waals surface area (Å²) in [5, 5.41) is 6.71. The number of methoxy groups -OCH3 is 1. The van der Waals surface area contributed by atoms with Gasteiger partial charge in [-0.1, -0.05) is 62.1 Å². The van der Waals surface area contributed by atoms with Gasteiger partial charge in [-0.05, 0) is 43.0 Å². The average molecular weight is 367 g/mol. The SMILES string of the molecule is COc1ccc(C)cc1NC(=O)[C@H](NC1CCCCCC1)c1ccccc1. The number of hydrogen-bond acceptors (Lipinski definition) is 3. The fourth-order valence-corrected chi connectivity index (χ4v) is 3.77. The fraction of sp³-hybridized carbons (Fsp3) is 0.435. The number of hydrogen-bond donors (Lipinski definition) is 2. The summed E-state index contributed by atoms with van der Waals surface area (Å²) in [6.45, 7) is 2.01. The normalized spacial score (nSPS) is 16.4. The van der Waals surface area contributed by atoms with Gasteiger partial charge in [-0.2, -0.15) is 0 Å². The van der Waals surface area contributed by atoms with Crippen molar-refractivity contribution in [1.29, 1.82) is 0 Å². The largest absolute Gasteiger partial charge is 0.495 e. The van der Waals surface area contributed by atoms with Crippen molar-refractivity contribution in [3.63, 3.8) is 0 Å². The van der Waals surface area contributed by atoms with Gasteiger partial charge < -0.3 is 10.1 Å². The highest BCUT2D eigenvalue weighted by Crippen LogP contribution is 2.27. The van der Waals surface area contributed by atoms with Gasteiger partial charge in [-0.3, -0.25) is 10.1 Å². The first kappa shape index (κ1) is 19.4. The Morgan fingerprint density at radius 3 is 2.41 bits per heavy atom. The van der Waals surface area contributed by atoms with Gasteiger partial charge in [0.25, 0.3) is 0 Å². The minimum Gasteiger partial charge on any atom is -0.495 e. The highest BCUT2D eigenvalue weighted by atomic mass is 16.5. The number of rotatable bonds is 6. The minimum absolute atomic E-state index is 0.0469. The lowest BCUT2D eigenvalue weighted by molar-refractivity contribution is -0.118. The van der Waals surface area contributed by atoms with Crippen LogP contribution in [0.25, 0.3) is 0 Å². The standard InChI is InChI=1S/C23H30N2O2/c1-17-14-15-21(27-2)20(16-17)25-23(26)22(18-10-6-5-7-11-18)24-19-12-8-3-4-9-13-19/h5-7,10-11,14-16,19,22,24H,3-4,8-9,12-13H2,1-2H3,(H,25,26)/t22-/m1/s1. The molecule has 0 unspecified atom stereocenters. The van der Waals surface area contributed by atoms with Gasteiger partial charge in [0.2, 0.25) is 5.91 Å². The van der Waals surface area contributed by atoms with E-state index in [1.807, 2.05) is 55.5 Å². The molecule has 0 saturated heterocycles. The van der Waals surface area contributed by atoms with Gasteiger partial charge in [0.05, 0.1) is 12.8 Å². The van der Waals surface area contributed by atoms with Crippen LogP contribution >= 0.6 is 0 Å². The van der Waals surface area contributed by atoms with Crippen molar-refractivity contribution in [1.82, 2.24) is 5.32 Å². The number of ether oxygens (including phenoxy) is 1. The molecule has 27 heavy (non-hydrogen) atoms. The molecule has 2 aromatic carbocycles. The molecule has 1 aliphatic rings. The molecule has 1 atom stereocenters. The second-order valence-corrected chi connectivity index (χ2v) is 7.39. The Morgan fingerprint density at radius 2 is 1.74 bits per heavy atom. The molecule has 1 saturated carbocycles. The van der Waals surface area contributed by atoms with Crippen LogP contribution in [-0.2, 0) is 4.79 Å². The second-order valence-electron chi connectivity index (χ2n) is 7.39. The molecule has 3 rings (SSSR count).